The quantitative estimate of drug-likeness (QED) is 0.776. The lowest BCUT2D eigenvalue weighted by atomic mass is 9.91. The van der Waals surface area contributed by atoms with E-state index in [1.807, 2.05) is 4.90 Å². The monoisotopic (exact) mass is 290 g/mol. The predicted octanol–water partition coefficient (Wildman–Crippen LogP) is 2.01. The third kappa shape index (κ3) is 6.60. The zero-order chi connectivity index (χ0) is 15.9. The molecule has 1 rings (SSSR count). The molecular formula is C16H26N4O. The highest BCUT2D eigenvalue weighted by Crippen LogP contribution is 2.20. The van der Waals surface area contributed by atoms with Crippen LogP contribution >= 0.6 is 0 Å². The van der Waals surface area contributed by atoms with E-state index < -0.39 is 0 Å². The highest BCUT2D eigenvalue weighted by molar-refractivity contribution is 5.76. The van der Waals surface area contributed by atoms with Crippen molar-refractivity contribution < 1.29 is 4.79 Å². The van der Waals surface area contributed by atoms with Gasteiger partial charge in [0.05, 0.1) is 18.1 Å². The molecule has 0 N–H and O–H groups in total. The van der Waals surface area contributed by atoms with Crippen LogP contribution in [-0.2, 0) is 4.79 Å². The van der Waals surface area contributed by atoms with Gasteiger partial charge in [-0.3, -0.25) is 9.69 Å². The topological polar surface area (TPSA) is 71.1 Å². The van der Waals surface area contributed by atoms with Crippen LogP contribution in [0.15, 0.2) is 0 Å². The summed E-state index contributed by atoms with van der Waals surface area (Å²) in [5, 5.41) is 17.7. The first kappa shape index (κ1) is 17.5. The molecule has 1 amide bonds. The molecular weight excluding hydrogens is 264 g/mol. The summed E-state index contributed by atoms with van der Waals surface area (Å²) in [5.74, 6) is 0.143. The van der Waals surface area contributed by atoms with Crippen LogP contribution in [0.4, 0.5) is 0 Å². The van der Waals surface area contributed by atoms with Crippen molar-refractivity contribution in [2.75, 3.05) is 32.7 Å². The van der Waals surface area contributed by atoms with E-state index >= 15 is 0 Å². The number of hydrogen-bond donors (Lipinski definition) is 0. The van der Waals surface area contributed by atoms with E-state index in [1.165, 1.54) is 0 Å². The van der Waals surface area contributed by atoms with E-state index in [0.717, 1.165) is 26.2 Å². The summed E-state index contributed by atoms with van der Waals surface area (Å²) in [7, 11) is 0. The van der Waals surface area contributed by atoms with E-state index in [0.29, 0.717) is 25.8 Å². The van der Waals surface area contributed by atoms with Crippen LogP contribution in [0.3, 0.4) is 0 Å². The van der Waals surface area contributed by atoms with Gasteiger partial charge in [0.1, 0.15) is 0 Å². The van der Waals surface area contributed by atoms with E-state index in [-0.39, 0.29) is 17.2 Å². The van der Waals surface area contributed by atoms with Gasteiger partial charge in [0.2, 0.25) is 5.91 Å². The summed E-state index contributed by atoms with van der Waals surface area (Å²) in [4.78, 5) is 16.3. The first-order valence-electron chi connectivity index (χ1n) is 7.62. The number of carbonyl (C=O) groups excluding carboxylic acids is 1. The number of nitrogens with zero attached hydrogens (tertiary/aromatic N) is 4. The SMILES string of the molecule is CC(C)(C)CC(=O)N1CCN(CC(C#N)CCC#N)CC1. The van der Waals surface area contributed by atoms with E-state index in [1.54, 1.807) is 0 Å². The number of rotatable bonds is 5. The minimum atomic E-state index is -0.0820. The summed E-state index contributed by atoms with van der Waals surface area (Å²) in [6.07, 6.45) is 1.65. The summed E-state index contributed by atoms with van der Waals surface area (Å²) in [6.45, 7) is 10.1. The van der Waals surface area contributed by atoms with Crippen LogP contribution < -0.4 is 0 Å². The Hall–Kier alpha value is -1.59. The molecule has 1 saturated heterocycles. The van der Waals surface area contributed by atoms with E-state index in [4.69, 9.17) is 10.5 Å². The van der Waals surface area contributed by atoms with Crippen molar-refractivity contribution in [3.05, 3.63) is 0 Å². The van der Waals surface area contributed by atoms with Gasteiger partial charge in [-0.15, -0.1) is 0 Å². The zero-order valence-corrected chi connectivity index (χ0v) is 13.4. The Morgan fingerprint density at radius 2 is 1.81 bits per heavy atom. The minimum absolute atomic E-state index is 0.0252. The van der Waals surface area contributed by atoms with Gasteiger partial charge >= 0.3 is 0 Å². The second-order valence-electron chi connectivity index (χ2n) is 6.94. The Balaban J connectivity index is 2.37. The average Bonchev–Trinajstić information content (AvgIpc) is 2.42. The Morgan fingerprint density at radius 3 is 2.29 bits per heavy atom. The molecule has 0 aliphatic carbocycles. The molecule has 1 heterocycles. The second kappa shape index (κ2) is 8.00. The molecule has 21 heavy (non-hydrogen) atoms. The Labute approximate surface area is 128 Å². The highest BCUT2D eigenvalue weighted by atomic mass is 16.2. The van der Waals surface area contributed by atoms with Gasteiger partial charge in [0.25, 0.3) is 0 Å². The Morgan fingerprint density at radius 1 is 1.19 bits per heavy atom. The third-order valence-electron chi connectivity index (χ3n) is 3.67. The van der Waals surface area contributed by atoms with Crippen molar-refractivity contribution in [3.63, 3.8) is 0 Å². The molecule has 5 nitrogen and oxygen atoms in total. The number of piperazine rings is 1. The van der Waals surface area contributed by atoms with Crippen molar-refractivity contribution >= 4 is 5.91 Å². The molecule has 0 radical (unpaired) electrons. The smallest absolute Gasteiger partial charge is 0.223 e. The number of amides is 1. The fourth-order valence-electron chi connectivity index (χ4n) is 2.49. The number of nitriles is 2. The van der Waals surface area contributed by atoms with Gasteiger partial charge in [0.15, 0.2) is 0 Å². The largest absolute Gasteiger partial charge is 0.340 e. The first-order valence-corrected chi connectivity index (χ1v) is 7.62. The minimum Gasteiger partial charge on any atom is -0.340 e. The van der Waals surface area contributed by atoms with Gasteiger partial charge in [-0.25, -0.2) is 0 Å². The number of hydrogen-bond acceptors (Lipinski definition) is 4. The first-order chi connectivity index (χ1) is 9.85. The molecule has 1 atom stereocenters. The summed E-state index contributed by atoms with van der Waals surface area (Å²) >= 11 is 0. The van der Waals surface area contributed by atoms with Crippen molar-refractivity contribution in [2.45, 2.75) is 40.0 Å². The maximum absolute atomic E-state index is 12.2. The lowest BCUT2D eigenvalue weighted by molar-refractivity contribution is -0.134. The zero-order valence-electron chi connectivity index (χ0n) is 13.4. The highest BCUT2D eigenvalue weighted by Gasteiger charge is 2.25. The molecule has 116 valence electrons. The molecule has 1 aliphatic heterocycles. The number of carbonyl (C=O) groups is 1. The van der Waals surface area contributed by atoms with Gasteiger partial charge in [-0.05, 0) is 11.8 Å². The van der Waals surface area contributed by atoms with Crippen LogP contribution in [0.2, 0.25) is 0 Å². The maximum Gasteiger partial charge on any atom is 0.223 e. The van der Waals surface area contributed by atoms with E-state index in [9.17, 15) is 4.79 Å². The molecule has 5 heteroatoms. The average molecular weight is 290 g/mol. The van der Waals surface area contributed by atoms with Crippen LogP contribution in [0, 0.1) is 34.0 Å². The molecule has 0 aromatic heterocycles. The predicted molar refractivity (Wildman–Crippen MR) is 81.0 cm³/mol. The fourth-order valence-corrected chi connectivity index (χ4v) is 2.49. The van der Waals surface area contributed by atoms with Crippen molar-refractivity contribution in [1.29, 1.82) is 10.5 Å². The molecule has 0 bridgehead atoms. The second-order valence-corrected chi connectivity index (χ2v) is 6.94. The molecule has 0 aromatic carbocycles. The third-order valence-corrected chi connectivity index (χ3v) is 3.67. The summed E-state index contributed by atoms with van der Waals surface area (Å²) < 4.78 is 0. The van der Waals surface area contributed by atoms with Gasteiger partial charge < -0.3 is 4.90 Å². The molecule has 0 saturated carbocycles. The standard InChI is InChI=1S/C16H26N4O/c1-16(2,3)11-15(21)20-9-7-19(8-10-20)13-14(12-18)5-4-6-17/h14H,4-5,7-11,13H2,1-3H3. The summed E-state index contributed by atoms with van der Waals surface area (Å²) in [6, 6.07) is 4.37. The summed E-state index contributed by atoms with van der Waals surface area (Å²) in [5.41, 5.74) is 0.0252. The lowest BCUT2D eigenvalue weighted by Crippen LogP contribution is -2.50. The lowest BCUT2D eigenvalue weighted by Gasteiger charge is -2.36. The Bertz CT molecular complexity index is 419. The molecule has 0 aromatic rings. The van der Waals surface area contributed by atoms with Gasteiger partial charge in [-0.1, -0.05) is 20.8 Å². The van der Waals surface area contributed by atoms with Crippen LogP contribution in [0.25, 0.3) is 0 Å². The van der Waals surface area contributed by atoms with Crippen LogP contribution in [0.1, 0.15) is 40.0 Å². The van der Waals surface area contributed by atoms with Crippen molar-refractivity contribution in [2.24, 2.45) is 11.3 Å². The van der Waals surface area contributed by atoms with Crippen LogP contribution in [0.5, 0.6) is 0 Å². The van der Waals surface area contributed by atoms with Crippen molar-refractivity contribution in [1.82, 2.24) is 9.80 Å². The van der Waals surface area contributed by atoms with E-state index in [2.05, 4.69) is 37.8 Å². The van der Waals surface area contributed by atoms with Crippen molar-refractivity contribution in [3.8, 4) is 12.1 Å². The molecule has 1 aliphatic rings. The van der Waals surface area contributed by atoms with Gasteiger partial charge in [0, 0.05) is 45.6 Å². The Kier molecular flexibility index (Phi) is 6.65. The van der Waals surface area contributed by atoms with Gasteiger partial charge in [-0.2, -0.15) is 10.5 Å². The normalized spacial score (nSPS) is 17.9. The maximum atomic E-state index is 12.2. The molecule has 1 fully saturated rings. The fraction of sp³-hybridized carbons (Fsp3) is 0.812. The van der Waals surface area contributed by atoms with Crippen LogP contribution in [-0.4, -0.2) is 48.4 Å². The molecule has 0 spiro atoms. The molecule has 1 unspecified atom stereocenters.